The maximum absolute atomic E-state index is 5.63. The second-order valence-corrected chi connectivity index (χ2v) is 6.04. The molecule has 0 bridgehead atoms. The van der Waals surface area contributed by atoms with Crippen molar-refractivity contribution < 1.29 is 4.74 Å². The zero-order valence-electron chi connectivity index (χ0n) is 11.5. The number of hydrogen-bond acceptors (Lipinski definition) is 3. The highest BCUT2D eigenvalue weighted by atomic mass is 16.5. The number of nitrogens with zero attached hydrogens (tertiary/aromatic N) is 1. The van der Waals surface area contributed by atoms with E-state index in [-0.39, 0.29) is 0 Å². The molecule has 0 aromatic heterocycles. The number of hydrogen-bond donors (Lipinski definition) is 1. The first-order valence-electron chi connectivity index (χ1n) is 7.18. The van der Waals surface area contributed by atoms with Crippen molar-refractivity contribution in [2.45, 2.75) is 44.6 Å². The van der Waals surface area contributed by atoms with Gasteiger partial charge in [0.1, 0.15) is 0 Å². The molecule has 3 nitrogen and oxygen atoms in total. The number of nitrogens with one attached hydrogen (secondary N) is 1. The zero-order valence-corrected chi connectivity index (χ0v) is 11.5. The molecule has 2 aliphatic rings. The van der Waals surface area contributed by atoms with Crippen molar-refractivity contribution in [3.63, 3.8) is 0 Å². The topological polar surface area (TPSA) is 24.5 Å². The van der Waals surface area contributed by atoms with E-state index in [1.165, 1.54) is 45.1 Å². The Balaban J connectivity index is 1.88. The predicted molar refractivity (Wildman–Crippen MR) is 71.3 cm³/mol. The van der Waals surface area contributed by atoms with Gasteiger partial charge in [-0.05, 0) is 33.4 Å². The Hall–Kier alpha value is -0.120. The first-order valence-corrected chi connectivity index (χ1v) is 7.18. The van der Waals surface area contributed by atoms with Gasteiger partial charge < -0.3 is 15.0 Å². The van der Waals surface area contributed by atoms with E-state index in [4.69, 9.17) is 4.74 Å². The van der Waals surface area contributed by atoms with Crippen molar-refractivity contribution in [3.8, 4) is 0 Å². The predicted octanol–water partition coefficient (Wildman–Crippen LogP) is 1.88. The van der Waals surface area contributed by atoms with E-state index in [9.17, 15) is 0 Å². The molecule has 1 atom stereocenters. The Morgan fingerprint density at radius 3 is 2.65 bits per heavy atom. The normalized spacial score (nSPS) is 31.2. The van der Waals surface area contributed by atoms with Gasteiger partial charge in [-0.15, -0.1) is 0 Å². The van der Waals surface area contributed by atoms with Crippen molar-refractivity contribution in [3.05, 3.63) is 0 Å². The Bertz CT molecular complexity index is 220. The van der Waals surface area contributed by atoms with Crippen LogP contribution in [0.5, 0.6) is 0 Å². The molecule has 0 radical (unpaired) electrons. The standard InChI is InChI=1S/C14H28N2O/c1-15-10-14(8-9-17-12-14)11-16(2)13-6-4-3-5-7-13/h13,15H,3-12H2,1-2H3. The molecule has 1 N–H and O–H groups in total. The van der Waals surface area contributed by atoms with Crippen molar-refractivity contribution in [1.29, 1.82) is 0 Å². The molecule has 0 aromatic rings. The third kappa shape index (κ3) is 3.43. The van der Waals surface area contributed by atoms with Crippen LogP contribution in [0.4, 0.5) is 0 Å². The largest absolute Gasteiger partial charge is 0.381 e. The number of ether oxygens (including phenoxy) is 1. The summed E-state index contributed by atoms with van der Waals surface area (Å²) in [5.41, 5.74) is 0.362. The highest BCUT2D eigenvalue weighted by Crippen LogP contribution is 2.31. The maximum Gasteiger partial charge on any atom is 0.0547 e. The van der Waals surface area contributed by atoms with E-state index in [1.54, 1.807) is 0 Å². The van der Waals surface area contributed by atoms with E-state index < -0.39 is 0 Å². The Morgan fingerprint density at radius 1 is 1.29 bits per heavy atom. The summed E-state index contributed by atoms with van der Waals surface area (Å²) in [6.07, 6.45) is 8.29. The SMILES string of the molecule is CNCC1(CN(C)C2CCCCC2)CCOC1. The molecule has 1 saturated carbocycles. The highest BCUT2D eigenvalue weighted by Gasteiger charge is 2.36. The van der Waals surface area contributed by atoms with Gasteiger partial charge in [0.05, 0.1) is 6.61 Å². The van der Waals surface area contributed by atoms with Crippen LogP contribution in [-0.2, 0) is 4.74 Å². The molecule has 2 rings (SSSR count). The van der Waals surface area contributed by atoms with Gasteiger partial charge in [0, 0.05) is 31.2 Å². The van der Waals surface area contributed by atoms with Crippen LogP contribution in [0.3, 0.4) is 0 Å². The molecule has 17 heavy (non-hydrogen) atoms. The molecule has 2 fully saturated rings. The lowest BCUT2D eigenvalue weighted by Crippen LogP contribution is -2.46. The third-order valence-corrected chi connectivity index (χ3v) is 4.52. The van der Waals surface area contributed by atoms with Crippen LogP contribution in [-0.4, -0.2) is 51.3 Å². The summed E-state index contributed by atoms with van der Waals surface area (Å²) in [6.45, 7) is 4.16. The fourth-order valence-electron chi connectivity index (χ4n) is 3.52. The van der Waals surface area contributed by atoms with E-state index in [0.717, 1.165) is 25.8 Å². The minimum atomic E-state index is 0.362. The maximum atomic E-state index is 5.63. The molecule has 0 aromatic carbocycles. The lowest BCUT2D eigenvalue weighted by Gasteiger charge is -2.38. The quantitative estimate of drug-likeness (QED) is 0.794. The second kappa shape index (κ2) is 6.17. The molecule has 3 heteroatoms. The minimum Gasteiger partial charge on any atom is -0.381 e. The van der Waals surface area contributed by atoms with Gasteiger partial charge in [0.15, 0.2) is 0 Å². The summed E-state index contributed by atoms with van der Waals surface area (Å²) in [6, 6.07) is 0.818. The summed E-state index contributed by atoms with van der Waals surface area (Å²) in [5.74, 6) is 0. The Kier molecular flexibility index (Phi) is 4.83. The molecule has 0 spiro atoms. The average Bonchev–Trinajstić information content (AvgIpc) is 2.79. The lowest BCUT2D eigenvalue weighted by molar-refractivity contribution is 0.0903. The third-order valence-electron chi connectivity index (χ3n) is 4.52. The lowest BCUT2D eigenvalue weighted by atomic mass is 9.85. The molecule has 0 amide bonds. The van der Waals surface area contributed by atoms with Crippen LogP contribution in [0, 0.1) is 5.41 Å². The van der Waals surface area contributed by atoms with Gasteiger partial charge >= 0.3 is 0 Å². The van der Waals surface area contributed by atoms with Gasteiger partial charge in [-0.1, -0.05) is 19.3 Å². The molecular formula is C14H28N2O. The van der Waals surface area contributed by atoms with Gasteiger partial charge in [-0.2, -0.15) is 0 Å². The van der Waals surface area contributed by atoms with Gasteiger partial charge in [-0.3, -0.25) is 0 Å². The Labute approximate surface area is 106 Å². The fourth-order valence-corrected chi connectivity index (χ4v) is 3.52. The summed E-state index contributed by atoms with van der Waals surface area (Å²) in [7, 11) is 4.37. The highest BCUT2D eigenvalue weighted by molar-refractivity contribution is 4.89. The second-order valence-electron chi connectivity index (χ2n) is 6.04. The minimum absolute atomic E-state index is 0.362. The van der Waals surface area contributed by atoms with Crippen LogP contribution in [0.25, 0.3) is 0 Å². The molecule has 1 aliphatic carbocycles. The summed E-state index contributed by atoms with van der Waals surface area (Å²) < 4.78 is 5.63. The first-order chi connectivity index (χ1) is 8.26. The van der Waals surface area contributed by atoms with E-state index >= 15 is 0 Å². The molecular weight excluding hydrogens is 212 g/mol. The average molecular weight is 240 g/mol. The fraction of sp³-hybridized carbons (Fsp3) is 1.00. The number of rotatable bonds is 5. The Morgan fingerprint density at radius 2 is 2.06 bits per heavy atom. The van der Waals surface area contributed by atoms with Gasteiger partial charge in [0.2, 0.25) is 0 Å². The van der Waals surface area contributed by atoms with Crippen LogP contribution < -0.4 is 5.32 Å². The van der Waals surface area contributed by atoms with Crippen molar-refractivity contribution in [2.24, 2.45) is 5.41 Å². The van der Waals surface area contributed by atoms with Crippen molar-refractivity contribution >= 4 is 0 Å². The van der Waals surface area contributed by atoms with Gasteiger partial charge in [-0.25, -0.2) is 0 Å². The molecule has 1 aliphatic heterocycles. The van der Waals surface area contributed by atoms with Crippen LogP contribution in [0.2, 0.25) is 0 Å². The smallest absolute Gasteiger partial charge is 0.0547 e. The summed E-state index contributed by atoms with van der Waals surface area (Å²) >= 11 is 0. The van der Waals surface area contributed by atoms with Crippen LogP contribution in [0.1, 0.15) is 38.5 Å². The van der Waals surface area contributed by atoms with Gasteiger partial charge in [0.25, 0.3) is 0 Å². The molecule has 100 valence electrons. The van der Waals surface area contributed by atoms with E-state index in [2.05, 4.69) is 24.3 Å². The van der Waals surface area contributed by atoms with E-state index in [0.29, 0.717) is 5.41 Å². The molecule has 1 heterocycles. The van der Waals surface area contributed by atoms with Crippen LogP contribution >= 0.6 is 0 Å². The molecule has 1 unspecified atom stereocenters. The monoisotopic (exact) mass is 240 g/mol. The first kappa shape index (κ1) is 13.3. The summed E-state index contributed by atoms with van der Waals surface area (Å²) in [5, 5.41) is 3.35. The van der Waals surface area contributed by atoms with Crippen LogP contribution in [0.15, 0.2) is 0 Å². The van der Waals surface area contributed by atoms with E-state index in [1.807, 2.05) is 0 Å². The zero-order chi connectivity index (χ0) is 12.1. The van der Waals surface area contributed by atoms with Crippen molar-refractivity contribution in [2.75, 3.05) is 40.4 Å². The van der Waals surface area contributed by atoms with Crippen molar-refractivity contribution in [1.82, 2.24) is 10.2 Å². The summed E-state index contributed by atoms with van der Waals surface area (Å²) in [4.78, 5) is 2.60. The molecule has 1 saturated heterocycles.